The number of hydrogen-bond acceptors (Lipinski definition) is 3. The van der Waals surface area contributed by atoms with Crippen molar-refractivity contribution in [3.63, 3.8) is 0 Å². The molecule has 0 aromatic heterocycles. The van der Waals surface area contributed by atoms with Crippen LogP contribution in [0.5, 0.6) is 0 Å². The molecule has 0 aromatic rings. The standard InChI is InChI=1S/C18H32N2O3/c1-23-14-18(11-6-12-18)13-19-16(21)9-10-17(22)20-15-7-4-2-3-5-8-15/h15H,2-14H2,1H3,(H,19,21)(H,20,22). The van der Waals surface area contributed by atoms with Crippen molar-refractivity contribution in [2.45, 2.75) is 76.7 Å². The Morgan fingerprint density at radius 3 is 2.22 bits per heavy atom. The van der Waals surface area contributed by atoms with Crippen LogP contribution in [-0.4, -0.2) is 38.1 Å². The molecule has 5 heteroatoms. The first-order valence-electron chi connectivity index (χ1n) is 9.19. The van der Waals surface area contributed by atoms with Gasteiger partial charge in [0.05, 0.1) is 6.61 Å². The molecular formula is C18H32N2O3. The Bertz CT molecular complexity index is 386. The Morgan fingerprint density at radius 2 is 1.65 bits per heavy atom. The van der Waals surface area contributed by atoms with E-state index in [4.69, 9.17) is 4.74 Å². The van der Waals surface area contributed by atoms with Gasteiger partial charge in [-0.25, -0.2) is 0 Å². The van der Waals surface area contributed by atoms with Crippen LogP contribution in [-0.2, 0) is 14.3 Å². The topological polar surface area (TPSA) is 67.4 Å². The predicted octanol–water partition coefficient (Wildman–Crippen LogP) is 2.54. The van der Waals surface area contributed by atoms with Crippen LogP contribution in [0, 0.1) is 5.41 Å². The predicted molar refractivity (Wildman–Crippen MR) is 90.0 cm³/mol. The number of carbonyl (C=O) groups is 2. The third kappa shape index (κ3) is 6.13. The van der Waals surface area contributed by atoms with Crippen LogP contribution in [0.3, 0.4) is 0 Å². The van der Waals surface area contributed by atoms with E-state index < -0.39 is 0 Å². The maximum absolute atomic E-state index is 12.0. The average molecular weight is 324 g/mol. The SMILES string of the molecule is COCC1(CNC(=O)CCC(=O)NC2CCCCCC2)CCC1. The Balaban J connectivity index is 1.60. The van der Waals surface area contributed by atoms with Crippen molar-refractivity contribution in [2.75, 3.05) is 20.3 Å². The van der Waals surface area contributed by atoms with Crippen molar-refractivity contribution in [1.29, 1.82) is 0 Å². The minimum absolute atomic E-state index is 0.0160. The minimum atomic E-state index is -0.0246. The van der Waals surface area contributed by atoms with Crippen molar-refractivity contribution in [3.05, 3.63) is 0 Å². The van der Waals surface area contributed by atoms with E-state index in [2.05, 4.69) is 10.6 Å². The number of methoxy groups -OCH3 is 1. The fraction of sp³-hybridized carbons (Fsp3) is 0.889. The molecule has 2 amide bonds. The average Bonchev–Trinajstić information content (AvgIpc) is 2.76. The largest absolute Gasteiger partial charge is 0.384 e. The van der Waals surface area contributed by atoms with E-state index in [-0.39, 0.29) is 23.7 Å². The summed E-state index contributed by atoms with van der Waals surface area (Å²) in [5, 5.41) is 6.07. The van der Waals surface area contributed by atoms with Crippen LogP contribution >= 0.6 is 0 Å². The summed E-state index contributed by atoms with van der Waals surface area (Å²) in [5.41, 5.74) is 0.132. The number of ether oxygens (including phenoxy) is 1. The Labute approximate surface area is 139 Å². The van der Waals surface area contributed by atoms with Crippen molar-refractivity contribution in [2.24, 2.45) is 5.41 Å². The van der Waals surface area contributed by atoms with E-state index in [1.165, 1.54) is 32.1 Å². The Morgan fingerprint density at radius 1 is 1.00 bits per heavy atom. The van der Waals surface area contributed by atoms with Crippen LogP contribution in [0.1, 0.15) is 70.6 Å². The molecule has 0 aromatic carbocycles. The second-order valence-corrected chi connectivity index (χ2v) is 7.32. The molecule has 132 valence electrons. The van der Waals surface area contributed by atoms with Gasteiger partial charge in [0.1, 0.15) is 0 Å². The highest BCUT2D eigenvalue weighted by molar-refractivity contribution is 5.83. The summed E-state index contributed by atoms with van der Waals surface area (Å²) in [6, 6.07) is 0.313. The summed E-state index contributed by atoms with van der Waals surface area (Å²) < 4.78 is 5.26. The smallest absolute Gasteiger partial charge is 0.220 e. The van der Waals surface area contributed by atoms with Gasteiger partial charge < -0.3 is 15.4 Å². The summed E-state index contributed by atoms with van der Waals surface area (Å²) in [5.74, 6) is -0.00862. The highest BCUT2D eigenvalue weighted by Gasteiger charge is 2.37. The zero-order valence-corrected chi connectivity index (χ0v) is 14.5. The molecule has 2 fully saturated rings. The molecule has 0 spiro atoms. The van der Waals surface area contributed by atoms with Crippen LogP contribution in [0.4, 0.5) is 0 Å². The maximum Gasteiger partial charge on any atom is 0.220 e. The van der Waals surface area contributed by atoms with Gasteiger partial charge in [-0.2, -0.15) is 0 Å². The molecule has 0 saturated heterocycles. The van der Waals surface area contributed by atoms with Crippen molar-refractivity contribution in [1.82, 2.24) is 10.6 Å². The van der Waals surface area contributed by atoms with Gasteiger partial charge in [0.2, 0.25) is 11.8 Å². The number of hydrogen-bond donors (Lipinski definition) is 2. The second-order valence-electron chi connectivity index (χ2n) is 7.32. The van der Waals surface area contributed by atoms with Crippen LogP contribution in [0.25, 0.3) is 0 Å². The fourth-order valence-corrected chi connectivity index (χ4v) is 3.68. The Hall–Kier alpha value is -1.10. The quantitative estimate of drug-likeness (QED) is 0.674. The first-order valence-corrected chi connectivity index (χ1v) is 9.19. The molecule has 2 saturated carbocycles. The molecule has 0 atom stereocenters. The molecule has 5 nitrogen and oxygen atoms in total. The first kappa shape index (κ1) is 18.2. The van der Waals surface area contributed by atoms with Gasteiger partial charge >= 0.3 is 0 Å². The molecule has 0 bridgehead atoms. The molecule has 0 aliphatic heterocycles. The van der Waals surface area contributed by atoms with Crippen LogP contribution in [0.15, 0.2) is 0 Å². The van der Waals surface area contributed by atoms with Gasteiger partial charge in [0.25, 0.3) is 0 Å². The summed E-state index contributed by atoms with van der Waals surface area (Å²) >= 11 is 0. The van der Waals surface area contributed by atoms with Gasteiger partial charge in [-0.05, 0) is 25.7 Å². The monoisotopic (exact) mass is 324 g/mol. The van der Waals surface area contributed by atoms with Crippen LogP contribution < -0.4 is 10.6 Å². The summed E-state index contributed by atoms with van der Waals surface area (Å²) in [4.78, 5) is 23.9. The molecule has 0 radical (unpaired) electrons. The normalized spacial score (nSPS) is 21.1. The minimum Gasteiger partial charge on any atom is -0.384 e. The van der Waals surface area contributed by atoms with Gasteiger partial charge in [0, 0.05) is 38.0 Å². The molecule has 2 aliphatic rings. The number of rotatable bonds is 8. The number of nitrogens with one attached hydrogen (secondary N) is 2. The van der Waals surface area contributed by atoms with Gasteiger partial charge in [-0.1, -0.05) is 32.1 Å². The van der Waals surface area contributed by atoms with Crippen molar-refractivity contribution < 1.29 is 14.3 Å². The number of carbonyl (C=O) groups excluding carboxylic acids is 2. The van der Waals surface area contributed by atoms with E-state index >= 15 is 0 Å². The summed E-state index contributed by atoms with van der Waals surface area (Å²) in [6.45, 7) is 1.37. The Kier molecular flexibility index (Phi) is 7.34. The molecule has 0 heterocycles. The molecular weight excluding hydrogens is 292 g/mol. The highest BCUT2D eigenvalue weighted by Crippen LogP contribution is 2.40. The number of amides is 2. The van der Waals surface area contributed by atoms with E-state index in [0.29, 0.717) is 25.6 Å². The second kappa shape index (κ2) is 9.26. The first-order chi connectivity index (χ1) is 11.1. The molecule has 2 rings (SSSR count). The van der Waals surface area contributed by atoms with Crippen LogP contribution in [0.2, 0.25) is 0 Å². The van der Waals surface area contributed by atoms with Crippen molar-refractivity contribution >= 4 is 11.8 Å². The highest BCUT2D eigenvalue weighted by atomic mass is 16.5. The van der Waals surface area contributed by atoms with Gasteiger partial charge in [0.15, 0.2) is 0 Å². The third-order valence-electron chi connectivity index (χ3n) is 5.32. The molecule has 2 aliphatic carbocycles. The lowest BCUT2D eigenvalue weighted by molar-refractivity contribution is -0.127. The fourth-order valence-electron chi connectivity index (χ4n) is 3.68. The summed E-state index contributed by atoms with van der Waals surface area (Å²) in [7, 11) is 1.71. The molecule has 0 unspecified atom stereocenters. The molecule has 2 N–H and O–H groups in total. The molecule has 23 heavy (non-hydrogen) atoms. The lowest BCUT2D eigenvalue weighted by atomic mass is 9.69. The zero-order valence-electron chi connectivity index (χ0n) is 14.5. The van der Waals surface area contributed by atoms with Gasteiger partial charge in [-0.3, -0.25) is 9.59 Å². The lowest BCUT2D eigenvalue weighted by Gasteiger charge is -2.41. The summed E-state index contributed by atoms with van der Waals surface area (Å²) in [6.07, 6.45) is 11.1. The zero-order chi connectivity index (χ0) is 16.5. The maximum atomic E-state index is 12.0. The van der Waals surface area contributed by atoms with Gasteiger partial charge in [-0.15, -0.1) is 0 Å². The van der Waals surface area contributed by atoms with E-state index in [9.17, 15) is 9.59 Å². The lowest BCUT2D eigenvalue weighted by Crippen LogP contribution is -2.45. The van der Waals surface area contributed by atoms with E-state index in [1.807, 2.05) is 0 Å². The van der Waals surface area contributed by atoms with E-state index in [1.54, 1.807) is 7.11 Å². The van der Waals surface area contributed by atoms with Crippen molar-refractivity contribution in [3.8, 4) is 0 Å². The van der Waals surface area contributed by atoms with E-state index in [0.717, 1.165) is 25.7 Å². The third-order valence-corrected chi connectivity index (χ3v) is 5.32.